The molecule has 1 aliphatic rings. The zero-order chi connectivity index (χ0) is 25.0. The predicted octanol–water partition coefficient (Wildman–Crippen LogP) is 4.72. The van der Waals surface area contributed by atoms with E-state index in [1.54, 1.807) is 31.4 Å². The third-order valence-corrected chi connectivity index (χ3v) is 5.11. The summed E-state index contributed by atoms with van der Waals surface area (Å²) in [5, 5.41) is 5.63. The van der Waals surface area contributed by atoms with Crippen LogP contribution in [0.3, 0.4) is 0 Å². The Bertz CT molecular complexity index is 1210. The molecule has 0 saturated carbocycles. The highest BCUT2D eigenvalue weighted by Gasteiger charge is 2.35. The van der Waals surface area contributed by atoms with Crippen LogP contribution in [0.25, 0.3) is 0 Å². The van der Waals surface area contributed by atoms with E-state index in [0.717, 1.165) is 29.8 Å². The fraction of sp³-hybridized carbons (Fsp3) is 0.208. The number of methoxy groups -OCH3 is 1. The van der Waals surface area contributed by atoms with Crippen LogP contribution in [0.4, 0.5) is 13.2 Å². The van der Waals surface area contributed by atoms with Crippen molar-refractivity contribution in [3.05, 3.63) is 83.8 Å². The molecule has 0 bridgehead atoms. The lowest BCUT2D eigenvalue weighted by Crippen LogP contribution is -2.31. The second kappa shape index (κ2) is 9.92. The largest absolute Gasteiger partial charge is 0.573 e. The minimum absolute atomic E-state index is 0.0428. The fourth-order valence-electron chi connectivity index (χ4n) is 3.47. The molecule has 1 amide bonds. The minimum Gasteiger partial charge on any atom is -0.497 e. The number of rotatable bonds is 7. The van der Waals surface area contributed by atoms with Crippen molar-refractivity contribution in [2.75, 3.05) is 13.7 Å². The lowest BCUT2D eigenvalue weighted by atomic mass is 10.0. The van der Waals surface area contributed by atoms with Crippen LogP contribution in [0.15, 0.2) is 76.4 Å². The van der Waals surface area contributed by atoms with Gasteiger partial charge >= 0.3 is 12.3 Å². The molecule has 2 heterocycles. The Kier molecular flexibility index (Phi) is 6.76. The van der Waals surface area contributed by atoms with E-state index in [2.05, 4.69) is 9.84 Å². The van der Waals surface area contributed by atoms with E-state index >= 15 is 0 Å². The fourth-order valence-corrected chi connectivity index (χ4v) is 3.47. The van der Waals surface area contributed by atoms with Crippen LogP contribution in [0, 0.1) is 0 Å². The van der Waals surface area contributed by atoms with Crippen LogP contribution in [-0.4, -0.2) is 42.7 Å². The first-order valence-corrected chi connectivity index (χ1v) is 10.3. The van der Waals surface area contributed by atoms with E-state index in [0.29, 0.717) is 23.6 Å². The molecule has 1 aromatic heterocycles. The van der Waals surface area contributed by atoms with E-state index in [4.69, 9.17) is 13.9 Å². The van der Waals surface area contributed by atoms with Gasteiger partial charge in [-0.05, 0) is 66.2 Å². The number of nitrogens with zero attached hydrogens (tertiary/aromatic N) is 2. The zero-order valence-electron chi connectivity index (χ0n) is 18.3. The summed E-state index contributed by atoms with van der Waals surface area (Å²) in [6.07, 6.45) is -2.99. The van der Waals surface area contributed by atoms with Crippen LogP contribution in [0.5, 0.6) is 11.5 Å². The topological polar surface area (TPSA) is 90.6 Å². The number of halogens is 3. The molecule has 2 aromatic carbocycles. The van der Waals surface area contributed by atoms with Crippen LogP contribution < -0.4 is 9.47 Å². The molecule has 1 atom stereocenters. The maximum absolute atomic E-state index is 12.9. The van der Waals surface area contributed by atoms with Crippen molar-refractivity contribution in [1.29, 1.82) is 0 Å². The van der Waals surface area contributed by atoms with Gasteiger partial charge in [-0.15, -0.1) is 13.2 Å². The maximum atomic E-state index is 12.9. The molecule has 1 aliphatic heterocycles. The van der Waals surface area contributed by atoms with Gasteiger partial charge in [0.25, 0.3) is 5.91 Å². The first kappa shape index (κ1) is 23.9. The van der Waals surface area contributed by atoms with Crippen LogP contribution in [0.1, 0.15) is 34.1 Å². The highest BCUT2D eigenvalue weighted by atomic mass is 19.4. The summed E-state index contributed by atoms with van der Waals surface area (Å²) < 4.78 is 56.3. The summed E-state index contributed by atoms with van der Waals surface area (Å²) in [5.74, 6) is -0.779. The predicted molar refractivity (Wildman–Crippen MR) is 116 cm³/mol. The SMILES string of the molecule is COc1ccc(C2=NN(C(=O)COC(=O)c3ccc(OC(F)(F)F)cc3)[C@H](c3ccco3)C2)cc1. The number of benzene rings is 2. The number of alkyl halides is 3. The number of carbonyl (C=O) groups is 2. The molecule has 0 unspecified atom stereocenters. The van der Waals surface area contributed by atoms with Gasteiger partial charge in [0.1, 0.15) is 23.3 Å². The summed E-state index contributed by atoms with van der Waals surface area (Å²) in [4.78, 5) is 25.2. The van der Waals surface area contributed by atoms with Crippen molar-refractivity contribution >= 4 is 17.6 Å². The zero-order valence-corrected chi connectivity index (χ0v) is 18.3. The van der Waals surface area contributed by atoms with Gasteiger partial charge in [0.2, 0.25) is 0 Å². The van der Waals surface area contributed by atoms with Gasteiger partial charge < -0.3 is 18.6 Å². The molecule has 4 rings (SSSR count). The molecule has 0 fully saturated rings. The molecule has 3 aromatic rings. The van der Waals surface area contributed by atoms with E-state index < -0.39 is 36.6 Å². The molecule has 0 aliphatic carbocycles. The summed E-state index contributed by atoms with van der Waals surface area (Å²) in [7, 11) is 1.56. The van der Waals surface area contributed by atoms with Gasteiger partial charge in [0.15, 0.2) is 6.61 Å². The monoisotopic (exact) mass is 488 g/mol. The molecule has 0 spiro atoms. The molecular formula is C24H19F3N2O6. The Hall–Kier alpha value is -4.28. The van der Waals surface area contributed by atoms with Gasteiger partial charge in [0.05, 0.1) is 24.6 Å². The van der Waals surface area contributed by atoms with Gasteiger partial charge in [-0.1, -0.05) is 0 Å². The molecule has 35 heavy (non-hydrogen) atoms. The summed E-state index contributed by atoms with van der Waals surface area (Å²) in [6.45, 7) is -0.629. The number of hydrogen-bond donors (Lipinski definition) is 0. The second-order valence-corrected chi connectivity index (χ2v) is 7.40. The first-order chi connectivity index (χ1) is 16.7. The highest BCUT2D eigenvalue weighted by molar-refractivity contribution is 6.03. The van der Waals surface area contributed by atoms with Crippen LogP contribution in [0.2, 0.25) is 0 Å². The standard InChI is InChI=1S/C24H19F3N2O6/c1-32-17-8-4-15(5-9-17)19-13-20(21-3-2-12-33-21)29(28-19)22(30)14-34-23(31)16-6-10-18(11-7-16)35-24(25,26)27/h2-12,20H,13-14H2,1H3/t20-/m0/s1. The molecule has 0 saturated heterocycles. The smallest absolute Gasteiger partial charge is 0.497 e. The van der Waals surface area contributed by atoms with E-state index in [1.807, 2.05) is 12.1 Å². The van der Waals surface area contributed by atoms with Gasteiger partial charge in [-0.25, -0.2) is 9.80 Å². The number of furan rings is 1. The third kappa shape index (κ3) is 5.81. The van der Waals surface area contributed by atoms with Crippen molar-refractivity contribution < 1.29 is 41.4 Å². The van der Waals surface area contributed by atoms with E-state index in [1.165, 1.54) is 11.3 Å². The van der Waals surface area contributed by atoms with Crippen molar-refractivity contribution in [3.63, 3.8) is 0 Å². The second-order valence-electron chi connectivity index (χ2n) is 7.40. The van der Waals surface area contributed by atoms with E-state index in [-0.39, 0.29) is 5.56 Å². The van der Waals surface area contributed by atoms with Gasteiger partial charge in [-0.3, -0.25) is 4.79 Å². The number of esters is 1. The van der Waals surface area contributed by atoms with E-state index in [9.17, 15) is 22.8 Å². The lowest BCUT2D eigenvalue weighted by Gasteiger charge is -2.19. The van der Waals surface area contributed by atoms with Gasteiger partial charge in [-0.2, -0.15) is 5.10 Å². The molecule has 11 heteroatoms. The normalized spacial score (nSPS) is 15.5. The average Bonchev–Trinajstić information content (AvgIpc) is 3.52. The first-order valence-electron chi connectivity index (χ1n) is 10.3. The van der Waals surface area contributed by atoms with Gasteiger partial charge in [0, 0.05) is 6.42 Å². The van der Waals surface area contributed by atoms with Crippen molar-refractivity contribution in [2.45, 2.75) is 18.8 Å². The lowest BCUT2D eigenvalue weighted by molar-refractivity contribution is -0.274. The Morgan fingerprint density at radius 3 is 2.34 bits per heavy atom. The number of hydrazone groups is 1. The Balaban J connectivity index is 1.44. The van der Waals surface area contributed by atoms with Crippen LogP contribution >= 0.6 is 0 Å². The molecular weight excluding hydrogens is 469 g/mol. The Morgan fingerprint density at radius 1 is 1.06 bits per heavy atom. The summed E-state index contributed by atoms with van der Waals surface area (Å²) >= 11 is 0. The number of hydrogen-bond acceptors (Lipinski definition) is 7. The number of carbonyl (C=O) groups excluding carboxylic acids is 2. The minimum atomic E-state index is -4.85. The van der Waals surface area contributed by atoms with Crippen molar-refractivity contribution in [3.8, 4) is 11.5 Å². The summed E-state index contributed by atoms with van der Waals surface area (Å²) in [6, 6.07) is 14.2. The maximum Gasteiger partial charge on any atom is 0.573 e. The highest BCUT2D eigenvalue weighted by Crippen LogP contribution is 2.33. The third-order valence-electron chi connectivity index (χ3n) is 5.11. The Morgan fingerprint density at radius 2 is 1.74 bits per heavy atom. The Labute approximate surface area is 197 Å². The molecule has 0 radical (unpaired) electrons. The molecule has 0 N–H and O–H groups in total. The van der Waals surface area contributed by atoms with Crippen LogP contribution in [-0.2, 0) is 9.53 Å². The number of ether oxygens (including phenoxy) is 3. The summed E-state index contributed by atoms with van der Waals surface area (Å²) in [5.41, 5.74) is 1.38. The molecule has 8 nitrogen and oxygen atoms in total. The quantitative estimate of drug-likeness (QED) is 0.447. The van der Waals surface area contributed by atoms with Crippen molar-refractivity contribution in [2.24, 2.45) is 5.10 Å². The van der Waals surface area contributed by atoms with Crippen molar-refractivity contribution in [1.82, 2.24) is 5.01 Å². The molecule has 182 valence electrons. The average molecular weight is 488 g/mol. The number of amides is 1.